The minimum absolute atomic E-state index is 0.159. The van der Waals surface area contributed by atoms with Crippen molar-refractivity contribution in [2.45, 2.75) is 51.0 Å². The first-order chi connectivity index (χ1) is 11.0. The summed E-state index contributed by atoms with van der Waals surface area (Å²) in [6.45, 7) is 2.67. The molecule has 0 atom stereocenters. The van der Waals surface area contributed by atoms with Crippen molar-refractivity contribution in [1.29, 1.82) is 0 Å². The van der Waals surface area contributed by atoms with Crippen LogP contribution in [-0.4, -0.2) is 35.6 Å². The van der Waals surface area contributed by atoms with Gasteiger partial charge in [-0.1, -0.05) is 31.4 Å². The van der Waals surface area contributed by atoms with Gasteiger partial charge in [0.1, 0.15) is 0 Å². The molecule has 0 spiro atoms. The van der Waals surface area contributed by atoms with Crippen LogP contribution in [0.2, 0.25) is 0 Å². The fourth-order valence-electron chi connectivity index (χ4n) is 3.53. The molecule has 1 aliphatic heterocycles. The Labute approximate surface area is 136 Å². The second kappa shape index (κ2) is 6.32. The lowest BCUT2D eigenvalue weighted by molar-refractivity contribution is -0.138. The second-order valence-electron chi connectivity index (χ2n) is 6.81. The van der Waals surface area contributed by atoms with Gasteiger partial charge in [0.05, 0.1) is 5.60 Å². The lowest BCUT2D eigenvalue weighted by Crippen LogP contribution is -2.49. The molecule has 5 heteroatoms. The highest BCUT2D eigenvalue weighted by Crippen LogP contribution is 2.29. The van der Waals surface area contributed by atoms with Crippen LogP contribution in [-0.2, 0) is 16.0 Å². The molecule has 1 aromatic carbocycles. The standard InChI is InChI=1S/C18H24N2O3/c1-13-5-6-14-7-10-20(15(14)11-13)17(22)16(21)19-12-18(23)8-3-2-4-9-18/h5-6,11,23H,2-4,7-10,12H2,1H3,(H,19,21). The number of aryl methyl sites for hydroxylation is 1. The van der Waals surface area contributed by atoms with E-state index in [1.807, 2.05) is 25.1 Å². The molecule has 1 aliphatic carbocycles. The van der Waals surface area contributed by atoms with E-state index in [9.17, 15) is 14.7 Å². The molecule has 0 aromatic heterocycles. The second-order valence-corrected chi connectivity index (χ2v) is 6.81. The summed E-state index contributed by atoms with van der Waals surface area (Å²) < 4.78 is 0. The number of benzene rings is 1. The van der Waals surface area contributed by atoms with Gasteiger partial charge in [0.25, 0.3) is 0 Å². The molecular formula is C18H24N2O3. The predicted octanol–water partition coefficient (Wildman–Crippen LogP) is 1.70. The SMILES string of the molecule is Cc1ccc2c(c1)N(C(=O)C(=O)NCC1(O)CCCCC1)CC2. The fourth-order valence-corrected chi connectivity index (χ4v) is 3.53. The van der Waals surface area contributed by atoms with Gasteiger partial charge in [-0.15, -0.1) is 0 Å². The Morgan fingerprint density at radius 1 is 1.26 bits per heavy atom. The van der Waals surface area contributed by atoms with Crippen molar-refractivity contribution in [2.75, 3.05) is 18.0 Å². The number of rotatable bonds is 2. The van der Waals surface area contributed by atoms with Gasteiger partial charge in [0.15, 0.2) is 0 Å². The minimum Gasteiger partial charge on any atom is -0.388 e. The van der Waals surface area contributed by atoms with E-state index in [-0.39, 0.29) is 6.54 Å². The Morgan fingerprint density at radius 3 is 2.74 bits per heavy atom. The molecule has 1 fully saturated rings. The van der Waals surface area contributed by atoms with E-state index in [0.717, 1.165) is 42.5 Å². The van der Waals surface area contributed by atoms with Crippen molar-refractivity contribution in [2.24, 2.45) is 0 Å². The Balaban J connectivity index is 1.63. The highest BCUT2D eigenvalue weighted by atomic mass is 16.3. The van der Waals surface area contributed by atoms with Crippen molar-refractivity contribution in [3.8, 4) is 0 Å². The normalized spacial score (nSPS) is 19.3. The summed E-state index contributed by atoms with van der Waals surface area (Å²) in [5.74, 6) is -1.16. The monoisotopic (exact) mass is 316 g/mol. The Hall–Kier alpha value is -1.88. The van der Waals surface area contributed by atoms with Crippen LogP contribution in [0.4, 0.5) is 5.69 Å². The summed E-state index contributed by atoms with van der Waals surface area (Å²) in [5, 5.41) is 13.1. The molecular weight excluding hydrogens is 292 g/mol. The molecule has 1 heterocycles. The van der Waals surface area contributed by atoms with Gasteiger partial charge in [-0.2, -0.15) is 0 Å². The van der Waals surface area contributed by atoms with Crippen molar-refractivity contribution < 1.29 is 14.7 Å². The van der Waals surface area contributed by atoms with Gasteiger partial charge < -0.3 is 15.3 Å². The number of hydrogen-bond donors (Lipinski definition) is 2. The first kappa shape index (κ1) is 16.0. The maximum Gasteiger partial charge on any atom is 0.316 e. The first-order valence-electron chi connectivity index (χ1n) is 8.40. The van der Waals surface area contributed by atoms with E-state index in [4.69, 9.17) is 0 Å². The van der Waals surface area contributed by atoms with Crippen LogP contribution in [0, 0.1) is 6.92 Å². The van der Waals surface area contributed by atoms with Crippen LogP contribution < -0.4 is 10.2 Å². The topological polar surface area (TPSA) is 69.6 Å². The van der Waals surface area contributed by atoms with E-state index >= 15 is 0 Å². The molecule has 2 N–H and O–H groups in total. The maximum atomic E-state index is 12.4. The number of carbonyl (C=O) groups is 2. The fraction of sp³-hybridized carbons (Fsp3) is 0.556. The van der Waals surface area contributed by atoms with Crippen LogP contribution in [0.1, 0.15) is 43.2 Å². The molecule has 2 aliphatic rings. The molecule has 0 bridgehead atoms. The maximum absolute atomic E-state index is 12.4. The largest absolute Gasteiger partial charge is 0.388 e. The third kappa shape index (κ3) is 3.39. The minimum atomic E-state index is -0.853. The molecule has 1 saturated carbocycles. The summed E-state index contributed by atoms with van der Waals surface area (Å²) in [7, 11) is 0. The van der Waals surface area contributed by atoms with Crippen LogP contribution in [0.25, 0.3) is 0 Å². The third-order valence-electron chi connectivity index (χ3n) is 4.94. The molecule has 23 heavy (non-hydrogen) atoms. The Kier molecular flexibility index (Phi) is 4.39. The summed E-state index contributed by atoms with van der Waals surface area (Å²) in [4.78, 5) is 26.2. The summed E-state index contributed by atoms with van der Waals surface area (Å²) in [5.41, 5.74) is 2.15. The van der Waals surface area contributed by atoms with Crippen molar-refractivity contribution >= 4 is 17.5 Å². The molecule has 0 unspecified atom stereocenters. The Morgan fingerprint density at radius 2 is 2.00 bits per heavy atom. The zero-order valence-electron chi connectivity index (χ0n) is 13.6. The third-order valence-corrected chi connectivity index (χ3v) is 4.94. The lowest BCUT2D eigenvalue weighted by atomic mass is 9.85. The van der Waals surface area contributed by atoms with Gasteiger partial charge in [-0.05, 0) is 43.4 Å². The average molecular weight is 316 g/mol. The molecule has 3 rings (SSSR count). The number of aliphatic hydroxyl groups is 1. The van der Waals surface area contributed by atoms with E-state index in [2.05, 4.69) is 5.32 Å². The molecule has 124 valence electrons. The highest BCUT2D eigenvalue weighted by Gasteiger charge is 2.33. The van der Waals surface area contributed by atoms with Crippen LogP contribution >= 0.6 is 0 Å². The van der Waals surface area contributed by atoms with Crippen molar-refractivity contribution in [3.05, 3.63) is 29.3 Å². The summed E-state index contributed by atoms with van der Waals surface area (Å²) >= 11 is 0. The van der Waals surface area contributed by atoms with E-state index in [0.29, 0.717) is 19.4 Å². The number of nitrogens with one attached hydrogen (secondary N) is 1. The first-order valence-corrected chi connectivity index (χ1v) is 8.40. The molecule has 1 aromatic rings. The van der Waals surface area contributed by atoms with E-state index < -0.39 is 17.4 Å². The van der Waals surface area contributed by atoms with Crippen LogP contribution in [0.5, 0.6) is 0 Å². The zero-order valence-corrected chi connectivity index (χ0v) is 13.6. The average Bonchev–Trinajstić information content (AvgIpc) is 2.95. The number of hydrogen-bond acceptors (Lipinski definition) is 3. The molecule has 2 amide bonds. The zero-order chi connectivity index (χ0) is 16.4. The predicted molar refractivity (Wildman–Crippen MR) is 88.3 cm³/mol. The van der Waals surface area contributed by atoms with Crippen molar-refractivity contribution in [3.63, 3.8) is 0 Å². The number of nitrogens with zero attached hydrogens (tertiary/aromatic N) is 1. The molecule has 0 saturated heterocycles. The van der Waals surface area contributed by atoms with Gasteiger partial charge in [-0.25, -0.2) is 0 Å². The molecule has 0 radical (unpaired) electrons. The highest BCUT2D eigenvalue weighted by molar-refractivity contribution is 6.40. The van der Waals surface area contributed by atoms with E-state index in [1.165, 1.54) is 0 Å². The smallest absolute Gasteiger partial charge is 0.316 e. The number of fused-ring (bicyclic) bond motifs is 1. The summed E-state index contributed by atoms with van der Waals surface area (Å²) in [6.07, 6.45) is 5.22. The number of anilines is 1. The quantitative estimate of drug-likeness (QED) is 0.816. The van der Waals surface area contributed by atoms with E-state index in [1.54, 1.807) is 4.90 Å². The van der Waals surface area contributed by atoms with Gasteiger partial charge >= 0.3 is 11.8 Å². The number of amides is 2. The van der Waals surface area contributed by atoms with Crippen LogP contribution in [0.15, 0.2) is 18.2 Å². The molecule has 5 nitrogen and oxygen atoms in total. The van der Waals surface area contributed by atoms with Crippen LogP contribution in [0.3, 0.4) is 0 Å². The number of carbonyl (C=O) groups excluding carboxylic acids is 2. The lowest BCUT2D eigenvalue weighted by Gasteiger charge is -2.32. The summed E-state index contributed by atoms with van der Waals surface area (Å²) in [6, 6.07) is 5.98. The van der Waals surface area contributed by atoms with Gasteiger partial charge in [0, 0.05) is 18.8 Å². The Bertz CT molecular complexity index is 621. The van der Waals surface area contributed by atoms with Crippen molar-refractivity contribution in [1.82, 2.24) is 5.32 Å². The van der Waals surface area contributed by atoms with Gasteiger partial charge in [0.2, 0.25) is 0 Å². The van der Waals surface area contributed by atoms with Gasteiger partial charge in [-0.3, -0.25) is 9.59 Å².